The predicted octanol–water partition coefficient (Wildman–Crippen LogP) is 2.86. The van der Waals surface area contributed by atoms with Gasteiger partial charge in [0, 0.05) is 18.2 Å². The summed E-state index contributed by atoms with van der Waals surface area (Å²) in [6.07, 6.45) is 7.64. The molecule has 2 aliphatic rings. The summed E-state index contributed by atoms with van der Waals surface area (Å²) >= 11 is 0. The van der Waals surface area contributed by atoms with Gasteiger partial charge in [-0.15, -0.1) is 0 Å². The molecule has 0 aromatic heterocycles. The van der Waals surface area contributed by atoms with Crippen molar-refractivity contribution < 1.29 is 0 Å². The van der Waals surface area contributed by atoms with E-state index in [1.165, 1.54) is 43.6 Å². The van der Waals surface area contributed by atoms with E-state index in [0.29, 0.717) is 0 Å². The van der Waals surface area contributed by atoms with Crippen molar-refractivity contribution in [2.45, 2.75) is 39.5 Å². The maximum Gasteiger partial charge on any atom is 0.0565 e. The number of nitrogens with zero attached hydrogens (tertiary/aromatic N) is 2. The van der Waals surface area contributed by atoms with Crippen LogP contribution in [0.2, 0.25) is 0 Å². The minimum Gasteiger partial charge on any atom is -0.298 e. The van der Waals surface area contributed by atoms with Crippen LogP contribution >= 0.6 is 0 Å². The van der Waals surface area contributed by atoms with Crippen LogP contribution in [0.1, 0.15) is 39.5 Å². The summed E-state index contributed by atoms with van der Waals surface area (Å²) < 4.78 is 0. The number of rotatable bonds is 7. The van der Waals surface area contributed by atoms with E-state index < -0.39 is 0 Å². The fourth-order valence-electron chi connectivity index (χ4n) is 1.96. The minimum absolute atomic E-state index is 0.833. The normalized spacial score (nSPS) is 19.9. The van der Waals surface area contributed by atoms with Gasteiger partial charge in [-0.1, -0.05) is 20.3 Å². The summed E-state index contributed by atoms with van der Waals surface area (Å²) in [6, 6.07) is 0. The highest BCUT2D eigenvalue weighted by Crippen LogP contribution is 2.39. The van der Waals surface area contributed by atoms with Gasteiger partial charge in [-0.2, -0.15) is 0 Å². The molecule has 15 heavy (non-hydrogen) atoms. The molecule has 0 unspecified atom stereocenters. The molecule has 0 saturated heterocycles. The van der Waals surface area contributed by atoms with Gasteiger partial charge >= 0.3 is 0 Å². The molecule has 0 amide bonds. The quantitative estimate of drug-likeness (QED) is 0.625. The van der Waals surface area contributed by atoms with Crippen LogP contribution in [0.4, 0.5) is 0 Å². The van der Waals surface area contributed by atoms with Crippen molar-refractivity contribution >= 4 is 5.71 Å². The molecule has 1 aliphatic heterocycles. The van der Waals surface area contributed by atoms with E-state index in [1.54, 1.807) is 0 Å². The average Bonchev–Trinajstić information content (AvgIpc) is 2.99. The van der Waals surface area contributed by atoms with Crippen LogP contribution < -0.4 is 0 Å². The molecule has 0 radical (unpaired) electrons. The van der Waals surface area contributed by atoms with Crippen molar-refractivity contribution in [3.05, 3.63) is 11.8 Å². The van der Waals surface area contributed by atoms with Crippen LogP contribution in [0.5, 0.6) is 0 Å². The first kappa shape index (κ1) is 10.9. The van der Waals surface area contributed by atoms with Crippen LogP contribution in [-0.4, -0.2) is 30.2 Å². The number of hydrogen-bond acceptors (Lipinski definition) is 2. The van der Waals surface area contributed by atoms with Crippen molar-refractivity contribution in [2.24, 2.45) is 10.9 Å². The van der Waals surface area contributed by atoms with Gasteiger partial charge in [0.25, 0.3) is 0 Å². The van der Waals surface area contributed by atoms with Gasteiger partial charge in [-0.25, -0.2) is 0 Å². The maximum atomic E-state index is 4.62. The molecule has 84 valence electrons. The Bertz CT molecular complexity index is 274. The zero-order valence-corrected chi connectivity index (χ0v) is 10.00. The van der Waals surface area contributed by atoms with Gasteiger partial charge in [-0.3, -0.25) is 9.89 Å². The Balaban J connectivity index is 1.69. The molecule has 1 heterocycles. The summed E-state index contributed by atoms with van der Waals surface area (Å²) in [6.45, 7) is 7.91. The molecule has 0 aromatic carbocycles. The lowest BCUT2D eigenvalue weighted by Gasteiger charge is -2.23. The Morgan fingerprint density at radius 2 is 2.13 bits per heavy atom. The molecule has 0 bridgehead atoms. The number of unbranched alkanes of at least 4 members (excludes halogenated alkanes) is 1. The zero-order chi connectivity index (χ0) is 10.7. The fourth-order valence-corrected chi connectivity index (χ4v) is 1.96. The maximum absolute atomic E-state index is 4.62. The Kier molecular flexibility index (Phi) is 3.57. The van der Waals surface area contributed by atoms with E-state index >= 15 is 0 Å². The third-order valence-electron chi connectivity index (χ3n) is 3.24. The van der Waals surface area contributed by atoms with Crippen LogP contribution in [0.15, 0.2) is 16.8 Å². The van der Waals surface area contributed by atoms with E-state index in [0.717, 1.165) is 19.0 Å². The highest BCUT2D eigenvalue weighted by Gasteiger charge is 2.29. The Labute approximate surface area is 93.1 Å². The number of aliphatic imine (C=N–C) groups is 1. The van der Waals surface area contributed by atoms with Gasteiger partial charge in [0.05, 0.1) is 5.71 Å². The lowest BCUT2D eigenvalue weighted by molar-refractivity contribution is 0.322. The van der Waals surface area contributed by atoms with E-state index in [1.807, 2.05) is 0 Å². The van der Waals surface area contributed by atoms with Crippen molar-refractivity contribution in [3.8, 4) is 0 Å². The number of hydrogen-bond donors (Lipinski definition) is 0. The Morgan fingerprint density at radius 1 is 1.40 bits per heavy atom. The van der Waals surface area contributed by atoms with Crippen molar-refractivity contribution in [1.29, 1.82) is 0 Å². The summed E-state index contributed by atoms with van der Waals surface area (Å²) in [5, 5.41) is 0. The van der Waals surface area contributed by atoms with Crippen LogP contribution in [0.3, 0.4) is 0 Å². The molecule has 2 heteroatoms. The lowest BCUT2D eigenvalue weighted by Crippen LogP contribution is -2.32. The Morgan fingerprint density at radius 3 is 2.67 bits per heavy atom. The highest BCUT2D eigenvalue weighted by molar-refractivity contribution is 6.02. The van der Waals surface area contributed by atoms with E-state index in [2.05, 4.69) is 29.8 Å². The van der Waals surface area contributed by atoms with E-state index in [-0.39, 0.29) is 0 Å². The molecule has 0 aromatic rings. The molecule has 0 spiro atoms. The minimum atomic E-state index is 0.833. The summed E-state index contributed by atoms with van der Waals surface area (Å²) in [4.78, 5) is 7.10. The third kappa shape index (κ3) is 2.91. The van der Waals surface area contributed by atoms with Crippen LogP contribution in [0, 0.1) is 5.92 Å². The predicted molar refractivity (Wildman–Crippen MR) is 65.3 cm³/mol. The van der Waals surface area contributed by atoms with Gasteiger partial charge in [0.2, 0.25) is 0 Å². The van der Waals surface area contributed by atoms with Gasteiger partial charge in [0.1, 0.15) is 0 Å². The second-order valence-corrected chi connectivity index (χ2v) is 4.67. The second kappa shape index (κ2) is 4.93. The van der Waals surface area contributed by atoms with E-state index in [9.17, 15) is 0 Å². The van der Waals surface area contributed by atoms with Crippen LogP contribution in [0.25, 0.3) is 0 Å². The van der Waals surface area contributed by atoms with Crippen molar-refractivity contribution in [3.63, 3.8) is 0 Å². The molecular formula is C13H22N2. The molecule has 0 N–H and O–H groups in total. The molecular weight excluding hydrogens is 184 g/mol. The Hall–Kier alpha value is -0.630. The first-order chi connectivity index (χ1) is 7.33. The molecule has 0 atom stereocenters. The zero-order valence-electron chi connectivity index (χ0n) is 10.00. The lowest BCUT2D eigenvalue weighted by atomic mass is 10.1. The molecule has 1 fully saturated rings. The fraction of sp³-hybridized carbons (Fsp3) is 0.769. The molecule has 2 rings (SSSR count). The number of allylic oxidation sites excluding steroid dienone is 1. The van der Waals surface area contributed by atoms with Crippen molar-refractivity contribution in [1.82, 2.24) is 4.90 Å². The SMILES string of the molecule is CCCCN(CC)CC1=NC(C2CC2)=C1. The largest absolute Gasteiger partial charge is 0.298 e. The molecule has 2 nitrogen and oxygen atoms in total. The van der Waals surface area contributed by atoms with Crippen LogP contribution in [-0.2, 0) is 0 Å². The smallest absolute Gasteiger partial charge is 0.0565 e. The summed E-state index contributed by atoms with van der Waals surface area (Å²) in [7, 11) is 0. The van der Waals surface area contributed by atoms with Gasteiger partial charge in [0.15, 0.2) is 0 Å². The second-order valence-electron chi connectivity index (χ2n) is 4.67. The van der Waals surface area contributed by atoms with Gasteiger partial charge < -0.3 is 0 Å². The standard InChI is InChI=1S/C13H22N2/c1-3-5-8-15(4-2)10-12-9-13(14-12)11-6-7-11/h9,11H,3-8,10H2,1-2H3. The summed E-state index contributed by atoms with van der Waals surface area (Å²) in [5.41, 5.74) is 2.67. The third-order valence-corrected chi connectivity index (χ3v) is 3.24. The molecule has 1 aliphatic carbocycles. The average molecular weight is 206 g/mol. The van der Waals surface area contributed by atoms with Gasteiger partial charge in [-0.05, 0) is 38.4 Å². The monoisotopic (exact) mass is 206 g/mol. The first-order valence-electron chi connectivity index (χ1n) is 6.35. The first-order valence-corrected chi connectivity index (χ1v) is 6.35. The van der Waals surface area contributed by atoms with Crippen molar-refractivity contribution in [2.75, 3.05) is 19.6 Å². The molecule has 1 saturated carbocycles. The van der Waals surface area contributed by atoms with E-state index in [4.69, 9.17) is 0 Å². The highest BCUT2D eigenvalue weighted by atomic mass is 15.1. The summed E-state index contributed by atoms with van der Waals surface area (Å²) in [5.74, 6) is 0.833. The topological polar surface area (TPSA) is 15.6 Å².